The Morgan fingerprint density at radius 2 is 1.93 bits per heavy atom. The van der Waals surface area contributed by atoms with Gasteiger partial charge in [-0.05, 0) is 36.0 Å². The summed E-state index contributed by atoms with van der Waals surface area (Å²) in [5.74, 6) is 0.852. The van der Waals surface area contributed by atoms with E-state index in [0.717, 1.165) is 11.4 Å². The predicted octanol–water partition coefficient (Wildman–Crippen LogP) is 3.11. The number of anilines is 1. The number of hydrogen-bond acceptors (Lipinski definition) is 2. The van der Waals surface area contributed by atoms with Crippen LogP contribution in [0.3, 0.4) is 0 Å². The van der Waals surface area contributed by atoms with Crippen LogP contribution in [0.15, 0.2) is 18.2 Å². The molecule has 2 nitrogen and oxygen atoms in total. The monoisotopic (exact) mass is 205 g/mol. The molecule has 0 saturated heterocycles. The molecule has 0 spiro atoms. The fourth-order valence-corrected chi connectivity index (χ4v) is 1.47. The number of hydrogen-bond donors (Lipinski definition) is 1. The highest BCUT2D eigenvalue weighted by Gasteiger charge is 2.25. The summed E-state index contributed by atoms with van der Waals surface area (Å²) in [6, 6.07) is 6.10. The molecular formula is C13H19NO. The molecule has 1 aliphatic carbocycles. The largest absolute Gasteiger partial charge is 0.488 e. The molecule has 0 aromatic heterocycles. The molecule has 82 valence electrons. The SMILES string of the molecule is CC(C)(C)c1ccc(N)c(OC2CC2)c1. The summed E-state index contributed by atoms with van der Waals surface area (Å²) in [6.45, 7) is 6.58. The Labute approximate surface area is 91.4 Å². The van der Waals surface area contributed by atoms with Gasteiger partial charge in [0.05, 0.1) is 11.8 Å². The van der Waals surface area contributed by atoms with Gasteiger partial charge in [-0.2, -0.15) is 0 Å². The van der Waals surface area contributed by atoms with Crippen LogP contribution in [0.25, 0.3) is 0 Å². The van der Waals surface area contributed by atoms with Gasteiger partial charge >= 0.3 is 0 Å². The highest BCUT2D eigenvalue weighted by Crippen LogP contribution is 2.34. The Morgan fingerprint density at radius 3 is 2.47 bits per heavy atom. The lowest BCUT2D eigenvalue weighted by atomic mass is 9.87. The number of rotatable bonds is 2. The first-order chi connectivity index (χ1) is 6.97. The number of benzene rings is 1. The van der Waals surface area contributed by atoms with Crippen LogP contribution >= 0.6 is 0 Å². The molecule has 0 unspecified atom stereocenters. The van der Waals surface area contributed by atoms with Crippen molar-refractivity contribution in [1.82, 2.24) is 0 Å². The fraction of sp³-hybridized carbons (Fsp3) is 0.538. The molecule has 1 aliphatic rings. The summed E-state index contributed by atoms with van der Waals surface area (Å²) in [5.41, 5.74) is 8.05. The van der Waals surface area contributed by atoms with Gasteiger partial charge in [0, 0.05) is 0 Å². The minimum atomic E-state index is 0.148. The van der Waals surface area contributed by atoms with E-state index in [2.05, 4.69) is 32.9 Å². The normalized spacial score (nSPS) is 16.5. The van der Waals surface area contributed by atoms with E-state index in [1.54, 1.807) is 0 Å². The van der Waals surface area contributed by atoms with E-state index in [1.165, 1.54) is 18.4 Å². The molecule has 0 aliphatic heterocycles. The van der Waals surface area contributed by atoms with E-state index in [-0.39, 0.29) is 5.41 Å². The van der Waals surface area contributed by atoms with Gasteiger partial charge in [-0.1, -0.05) is 26.8 Å². The summed E-state index contributed by atoms with van der Waals surface area (Å²) < 4.78 is 5.77. The molecule has 0 atom stereocenters. The van der Waals surface area contributed by atoms with Gasteiger partial charge in [-0.3, -0.25) is 0 Å². The van der Waals surface area contributed by atoms with Crippen molar-refractivity contribution in [3.63, 3.8) is 0 Å². The standard InChI is InChI=1S/C13H19NO/c1-13(2,3)9-4-7-11(14)12(8-9)15-10-5-6-10/h4,7-8,10H,5-6,14H2,1-3H3. The molecule has 0 radical (unpaired) electrons. The zero-order valence-corrected chi connectivity index (χ0v) is 9.71. The van der Waals surface area contributed by atoms with Crippen LogP contribution in [0, 0.1) is 0 Å². The second-order valence-electron chi connectivity index (χ2n) is 5.32. The number of ether oxygens (including phenoxy) is 1. The summed E-state index contributed by atoms with van der Waals surface area (Å²) in [6.07, 6.45) is 2.74. The van der Waals surface area contributed by atoms with Crippen LogP contribution in [-0.4, -0.2) is 6.10 Å². The predicted molar refractivity (Wildman–Crippen MR) is 63.2 cm³/mol. The summed E-state index contributed by atoms with van der Waals surface area (Å²) in [7, 11) is 0. The second-order valence-corrected chi connectivity index (χ2v) is 5.32. The summed E-state index contributed by atoms with van der Waals surface area (Å²) in [5, 5.41) is 0. The maximum atomic E-state index is 5.88. The molecule has 1 aromatic carbocycles. The van der Waals surface area contributed by atoms with Gasteiger partial charge in [0.1, 0.15) is 5.75 Å². The lowest BCUT2D eigenvalue weighted by Crippen LogP contribution is -2.12. The first-order valence-electron chi connectivity index (χ1n) is 5.53. The Kier molecular flexibility index (Phi) is 2.37. The Balaban J connectivity index is 2.27. The maximum absolute atomic E-state index is 5.88. The molecule has 0 amide bonds. The van der Waals surface area contributed by atoms with Crippen LogP contribution in [-0.2, 0) is 5.41 Å². The first-order valence-corrected chi connectivity index (χ1v) is 5.53. The lowest BCUT2D eigenvalue weighted by molar-refractivity contribution is 0.304. The van der Waals surface area contributed by atoms with Gasteiger partial charge in [0.15, 0.2) is 0 Å². The van der Waals surface area contributed by atoms with Crippen molar-refractivity contribution in [3.8, 4) is 5.75 Å². The Morgan fingerprint density at radius 1 is 1.27 bits per heavy atom. The summed E-state index contributed by atoms with van der Waals surface area (Å²) in [4.78, 5) is 0. The molecule has 0 heterocycles. The average molecular weight is 205 g/mol. The van der Waals surface area contributed by atoms with E-state index < -0.39 is 0 Å². The van der Waals surface area contributed by atoms with Crippen molar-refractivity contribution < 1.29 is 4.74 Å². The first kappa shape index (κ1) is 10.3. The third-order valence-corrected chi connectivity index (χ3v) is 2.70. The van der Waals surface area contributed by atoms with Crippen molar-refractivity contribution in [2.75, 3.05) is 5.73 Å². The van der Waals surface area contributed by atoms with Crippen molar-refractivity contribution in [3.05, 3.63) is 23.8 Å². The van der Waals surface area contributed by atoms with Crippen molar-refractivity contribution in [1.29, 1.82) is 0 Å². The molecular weight excluding hydrogens is 186 g/mol. The zero-order valence-electron chi connectivity index (χ0n) is 9.71. The smallest absolute Gasteiger partial charge is 0.142 e. The molecule has 1 saturated carbocycles. The third kappa shape index (κ3) is 2.44. The van der Waals surface area contributed by atoms with Gasteiger partial charge in [0.2, 0.25) is 0 Å². The fourth-order valence-electron chi connectivity index (χ4n) is 1.47. The van der Waals surface area contributed by atoms with Crippen molar-refractivity contribution in [2.24, 2.45) is 0 Å². The Hall–Kier alpha value is -1.18. The van der Waals surface area contributed by atoms with E-state index in [9.17, 15) is 0 Å². The highest BCUT2D eigenvalue weighted by molar-refractivity contribution is 5.55. The number of nitrogens with two attached hydrogens (primary N) is 1. The average Bonchev–Trinajstić information content (AvgIpc) is 2.90. The quantitative estimate of drug-likeness (QED) is 0.753. The minimum absolute atomic E-state index is 0.148. The zero-order chi connectivity index (χ0) is 11.1. The van der Waals surface area contributed by atoms with Crippen LogP contribution in [0.4, 0.5) is 5.69 Å². The highest BCUT2D eigenvalue weighted by atomic mass is 16.5. The molecule has 2 heteroatoms. The molecule has 1 fully saturated rings. The van der Waals surface area contributed by atoms with Crippen LogP contribution in [0.5, 0.6) is 5.75 Å². The van der Waals surface area contributed by atoms with Gasteiger partial charge in [0.25, 0.3) is 0 Å². The Bertz CT molecular complexity index is 361. The molecule has 0 bridgehead atoms. The van der Waals surface area contributed by atoms with Crippen molar-refractivity contribution in [2.45, 2.75) is 45.1 Å². The maximum Gasteiger partial charge on any atom is 0.142 e. The molecule has 2 N–H and O–H groups in total. The van der Waals surface area contributed by atoms with Crippen molar-refractivity contribution >= 4 is 5.69 Å². The van der Waals surface area contributed by atoms with E-state index in [4.69, 9.17) is 10.5 Å². The topological polar surface area (TPSA) is 35.2 Å². The molecule has 1 aromatic rings. The third-order valence-electron chi connectivity index (χ3n) is 2.70. The van der Waals surface area contributed by atoms with Crippen LogP contribution in [0.2, 0.25) is 0 Å². The van der Waals surface area contributed by atoms with Crippen LogP contribution < -0.4 is 10.5 Å². The van der Waals surface area contributed by atoms with Crippen LogP contribution in [0.1, 0.15) is 39.2 Å². The minimum Gasteiger partial charge on any atom is -0.488 e. The number of nitrogen functional groups attached to an aromatic ring is 1. The van der Waals surface area contributed by atoms with Gasteiger partial charge in [-0.25, -0.2) is 0 Å². The van der Waals surface area contributed by atoms with Gasteiger partial charge < -0.3 is 10.5 Å². The van der Waals surface area contributed by atoms with E-state index >= 15 is 0 Å². The van der Waals surface area contributed by atoms with E-state index in [1.807, 2.05) is 6.07 Å². The second kappa shape index (κ2) is 3.44. The molecule has 15 heavy (non-hydrogen) atoms. The van der Waals surface area contributed by atoms with E-state index in [0.29, 0.717) is 6.10 Å². The van der Waals surface area contributed by atoms with Gasteiger partial charge in [-0.15, -0.1) is 0 Å². The molecule has 2 rings (SSSR count). The summed E-state index contributed by atoms with van der Waals surface area (Å²) >= 11 is 0. The lowest BCUT2D eigenvalue weighted by Gasteiger charge is -2.20.